The molecule has 5 unspecified atom stereocenters. The van der Waals surface area contributed by atoms with Gasteiger partial charge < -0.3 is 14.6 Å². The fourth-order valence-corrected chi connectivity index (χ4v) is 8.70. The molecular formula is C31H41N3O3. The molecule has 1 saturated heterocycles. The highest BCUT2D eigenvalue weighted by Gasteiger charge is 2.67. The van der Waals surface area contributed by atoms with Crippen LogP contribution >= 0.6 is 0 Å². The van der Waals surface area contributed by atoms with E-state index in [1.807, 2.05) is 31.0 Å². The minimum atomic E-state index is -0.135. The minimum Gasteiger partial charge on any atom is -0.508 e. The SMILES string of the molecule is CCn1c(C(=O)N(C)C(C)C2CCC3(C)C4Cc5ccc(O)cc5C23CCN4CC2CC2)cccc1=O. The van der Waals surface area contributed by atoms with Gasteiger partial charge in [0.05, 0.1) is 0 Å². The molecule has 2 saturated carbocycles. The number of phenolic OH excluding ortho intramolecular Hbond substituents is 1. The van der Waals surface area contributed by atoms with Crippen molar-refractivity contribution in [2.24, 2.45) is 17.3 Å². The second-order valence-corrected chi connectivity index (χ2v) is 12.4. The smallest absolute Gasteiger partial charge is 0.270 e. The molecule has 1 amide bonds. The molecule has 1 aliphatic heterocycles. The lowest BCUT2D eigenvalue weighted by Crippen LogP contribution is -2.67. The molecule has 6 nitrogen and oxygen atoms in total. The molecule has 6 heteroatoms. The number of likely N-dealkylation sites (tertiary alicyclic amines) is 1. The third-order valence-electron chi connectivity index (χ3n) is 10.9. The molecule has 37 heavy (non-hydrogen) atoms. The van der Waals surface area contributed by atoms with Crippen molar-refractivity contribution in [3.63, 3.8) is 0 Å². The van der Waals surface area contributed by atoms with Gasteiger partial charge >= 0.3 is 0 Å². The fourth-order valence-electron chi connectivity index (χ4n) is 8.70. The standard InChI is InChI=1S/C31H41N3O3/c1-5-34-26(7-6-8-28(34)36)29(37)32(4)20(2)24-13-14-30(3)27-17-22-11-12-23(35)18-25(22)31(24,30)15-16-33(27)19-21-9-10-21/h6-8,11-12,18,20-21,24,27,35H,5,9-10,13-17,19H2,1-4H3. The van der Waals surface area contributed by atoms with Gasteiger partial charge in [-0.3, -0.25) is 14.5 Å². The molecule has 3 aliphatic carbocycles. The van der Waals surface area contributed by atoms with Crippen LogP contribution in [0.2, 0.25) is 0 Å². The summed E-state index contributed by atoms with van der Waals surface area (Å²) in [6.45, 7) is 9.38. The summed E-state index contributed by atoms with van der Waals surface area (Å²) in [5.41, 5.74) is 3.03. The first-order valence-electron chi connectivity index (χ1n) is 14.2. The van der Waals surface area contributed by atoms with Crippen molar-refractivity contribution in [2.45, 2.75) is 83.3 Å². The Morgan fingerprint density at radius 1 is 1.19 bits per heavy atom. The van der Waals surface area contributed by atoms with Gasteiger partial charge in [0.2, 0.25) is 0 Å². The number of rotatable bonds is 6. The molecule has 5 atom stereocenters. The largest absolute Gasteiger partial charge is 0.508 e. The first-order chi connectivity index (χ1) is 17.7. The van der Waals surface area contributed by atoms with Gasteiger partial charge in [0.25, 0.3) is 11.5 Å². The number of phenols is 1. The van der Waals surface area contributed by atoms with Crippen molar-refractivity contribution in [1.29, 1.82) is 0 Å². The predicted octanol–water partition coefficient (Wildman–Crippen LogP) is 4.43. The summed E-state index contributed by atoms with van der Waals surface area (Å²) in [6, 6.07) is 11.5. The molecule has 198 valence electrons. The number of piperidine rings is 1. The zero-order chi connectivity index (χ0) is 26.1. The van der Waals surface area contributed by atoms with E-state index in [0.717, 1.165) is 38.1 Å². The van der Waals surface area contributed by atoms with Gasteiger partial charge in [0.1, 0.15) is 11.4 Å². The molecule has 6 rings (SSSR count). The molecule has 1 aromatic carbocycles. The number of carbonyl (C=O) groups is 1. The van der Waals surface area contributed by atoms with Crippen LogP contribution in [0.15, 0.2) is 41.2 Å². The molecule has 1 N–H and O–H groups in total. The van der Waals surface area contributed by atoms with Gasteiger partial charge in [0, 0.05) is 43.7 Å². The van der Waals surface area contributed by atoms with Gasteiger partial charge in [-0.05, 0) is 105 Å². The summed E-state index contributed by atoms with van der Waals surface area (Å²) < 4.78 is 1.57. The Kier molecular flexibility index (Phi) is 5.83. The second-order valence-electron chi connectivity index (χ2n) is 12.4. The zero-order valence-corrected chi connectivity index (χ0v) is 22.7. The van der Waals surface area contributed by atoms with E-state index < -0.39 is 0 Å². The minimum absolute atomic E-state index is 0.00105. The van der Waals surface area contributed by atoms with Crippen LogP contribution < -0.4 is 5.56 Å². The lowest BCUT2D eigenvalue weighted by atomic mass is 9.48. The summed E-state index contributed by atoms with van der Waals surface area (Å²) in [7, 11) is 1.91. The van der Waals surface area contributed by atoms with Gasteiger partial charge in [0.15, 0.2) is 0 Å². The summed E-state index contributed by atoms with van der Waals surface area (Å²) in [6.07, 6.45) is 7.03. The van der Waals surface area contributed by atoms with Crippen molar-refractivity contribution in [2.75, 3.05) is 20.1 Å². The van der Waals surface area contributed by atoms with Crippen LogP contribution in [0.1, 0.15) is 74.5 Å². The maximum Gasteiger partial charge on any atom is 0.270 e. The quantitative estimate of drug-likeness (QED) is 0.634. The number of hydrogen-bond acceptors (Lipinski definition) is 4. The van der Waals surface area contributed by atoms with Crippen molar-refractivity contribution in [3.05, 3.63) is 63.6 Å². The van der Waals surface area contributed by atoms with E-state index in [4.69, 9.17) is 0 Å². The van der Waals surface area contributed by atoms with Crippen molar-refractivity contribution >= 4 is 5.91 Å². The van der Waals surface area contributed by atoms with Crippen LogP contribution in [0.3, 0.4) is 0 Å². The van der Waals surface area contributed by atoms with Crippen molar-refractivity contribution in [3.8, 4) is 5.75 Å². The number of benzene rings is 1. The summed E-state index contributed by atoms with van der Waals surface area (Å²) in [5, 5.41) is 10.6. The van der Waals surface area contributed by atoms with Crippen molar-refractivity contribution in [1.82, 2.24) is 14.4 Å². The third-order valence-corrected chi connectivity index (χ3v) is 10.9. The number of nitrogens with zero attached hydrogens (tertiary/aromatic N) is 3. The second kappa shape index (κ2) is 8.72. The van der Waals surface area contributed by atoms with E-state index in [0.29, 0.717) is 24.0 Å². The number of carbonyl (C=O) groups excluding carboxylic acids is 1. The first kappa shape index (κ1) is 24.7. The molecule has 2 bridgehead atoms. The Morgan fingerprint density at radius 3 is 2.70 bits per heavy atom. The Morgan fingerprint density at radius 2 is 1.97 bits per heavy atom. The number of amides is 1. The van der Waals surface area contributed by atoms with E-state index in [2.05, 4.69) is 24.8 Å². The fraction of sp³-hybridized carbons (Fsp3) is 0.613. The monoisotopic (exact) mass is 503 g/mol. The third kappa shape index (κ3) is 3.54. The lowest BCUT2D eigenvalue weighted by molar-refractivity contribution is -0.0627. The molecule has 0 spiro atoms. The summed E-state index contributed by atoms with van der Waals surface area (Å²) in [5.74, 6) is 1.39. The number of pyridine rings is 1. The highest BCUT2D eigenvalue weighted by molar-refractivity contribution is 5.92. The molecule has 4 aliphatic rings. The topological polar surface area (TPSA) is 65.8 Å². The van der Waals surface area contributed by atoms with Crippen LogP contribution in [-0.4, -0.2) is 57.6 Å². The highest BCUT2D eigenvalue weighted by atomic mass is 16.3. The van der Waals surface area contributed by atoms with Gasteiger partial charge in [-0.2, -0.15) is 0 Å². The van der Waals surface area contributed by atoms with Crippen molar-refractivity contribution < 1.29 is 9.90 Å². The van der Waals surface area contributed by atoms with E-state index >= 15 is 0 Å². The lowest BCUT2D eigenvalue weighted by Gasteiger charge is -2.63. The van der Waals surface area contributed by atoms with E-state index in [1.54, 1.807) is 16.7 Å². The number of hydrogen-bond donors (Lipinski definition) is 1. The molecule has 3 fully saturated rings. The van der Waals surface area contributed by atoms with Gasteiger partial charge in [-0.25, -0.2) is 0 Å². The molecule has 1 aromatic heterocycles. The number of aromatic hydroxyl groups is 1. The summed E-state index contributed by atoms with van der Waals surface area (Å²) >= 11 is 0. The van der Waals surface area contributed by atoms with E-state index in [9.17, 15) is 14.7 Å². The Bertz CT molecular complexity index is 1280. The van der Waals surface area contributed by atoms with Crippen LogP contribution in [-0.2, 0) is 18.4 Å². The molecule has 0 radical (unpaired) electrons. The summed E-state index contributed by atoms with van der Waals surface area (Å²) in [4.78, 5) is 30.9. The van der Waals surface area contributed by atoms with Crippen LogP contribution in [0.25, 0.3) is 0 Å². The molecule has 2 aromatic rings. The molecular weight excluding hydrogens is 462 g/mol. The Hall–Kier alpha value is -2.60. The first-order valence-corrected chi connectivity index (χ1v) is 14.2. The highest BCUT2D eigenvalue weighted by Crippen LogP contribution is 2.68. The number of aromatic nitrogens is 1. The van der Waals surface area contributed by atoms with Crippen LogP contribution in [0.5, 0.6) is 5.75 Å². The average Bonchev–Trinajstić information content (AvgIpc) is 3.64. The van der Waals surface area contributed by atoms with E-state index in [1.165, 1.54) is 36.6 Å². The van der Waals surface area contributed by atoms with Gasteiger partial charge in [-0.1, -0.05) is 19.1 Å². The van der Waals surface area contributed by atoms with Crippen LogP contribution in [0, 0.1) is 17.3 Å². The Labute approximate surface area is 220 Å². The zero-order valence-electron chi connectivity index (χ0n) is 22.7. The van der Waals surface area contributed by atoms with Gasteiger partial charge in [-0.15, -0.1) is 0 Å². The number of fused-ring (bicyclic) bond motifs is 1. The van der Waals surface area contributed by atoms with Crippen LogP contribution in [0.4, 0.5) is 0 Å². The average molecular weight is 504 g/mol. The van der Waals surface area contributed by atoms with E-state index in [-0.39, 0.29) is 34.3 Å². The predicted molar refractivity (Wildman–Crippen MR) is 145 cm³/mol. The maximum absolute atomic E-state index is 13.8. The maximum atomic E-state index is 13.8. The normalized spacial score (nSPS) is 31.5. The Balaban J connectivity index is 1.40. The molecule has 2 heterocycles.